The summed E-state index contributed by atoms with van der Waals surface area (Å²) in [6.07, 6.45) is 14.3. The van der Waals surface area contributed by atoms with Gasteiger partial charge in [0.05, 0.1) is 11.6 Å². The molecule has 0 bridgehead atoms. The van der Waals surface area contributed by atoms with Gasteiger partial charge in [0.15, 0.2) is 0 Å². The molecule has 1 heterocycles. The highest BCUT2D eigenvalue weighted by molar-refractivity contribution is 8.03. The van der Waals surface area contributed by atoms with Crippen molar-refractivity contribution < 1.29 is 5.11 Å². The van der Waals surface area contributed by atoms with Crippen LogP contribution in [0, 0.1) is 0 Å². The predicted molar refractivity (Wildman–Crippen MR) is 124 cm³/mol. The lowest BCUT2D eigenvalue weighted by molar-refractivity contribution is 0.270. The van der Waals surface area contributed by atoms with Gasteiger partial charge in [0.1, 0.15) is 0 Å². The van der Waals surface area contributed by atoms with Crippen molar-refractivity contribution in [3.63, 3.8) is 0 Å². The Labute approximate surface area is 182 Å². The Kier molecular flexibility index (Phi) is 8.97. The maximum Gasteiger partial charge on any atom is 0.0837 e. The number of nitrogens with zero attached hydrogens (tertiary/aromatic N) is 1. The van der Waals surface area contributed by atoms with Crippen molar-refractivity contribution in [3.8, 4) is 0 Å². The lowest BCUT2D eigenvalue weighted by Gasteiger charge is -2.16. The van der Waals surface area contributed by atoms with Crippen LogP contribution in [0.15, 0.2) is 80.7 Å². The van der Waals surface area contributed by atoms with E-state index in [-0.39, 0.29) is 6.61 Å². The number of aliphatic hydroxyl groups excluding tert-OH is 1. The van der Waals surface area contributed by atoms with Gasteiger partial charge in [0.25, 0.3) is 0 Å². The van der Waals surface area contributed by atoms with E-state index in [0.717, 1.165) is 26.2 Å². The van der Waals surface area contributed by atoms with Crippen molar-refractivity contribution >= 4 is 35.0 Å². The second kappa shape index (κ2) is 11.0. The molecule has 0 fully saturated rings. The summed E-state index contributed by atoms with van der Waals surface area (Å²) in [6.45, 7) is 10.8. The first-order valence-electron chi connectivity index (χ1n) is 9.28. The van der Waals surface area contributed by atoms with Crippen LogP contribution in [0.1, 0.15) is 44.4 Å². The Hall–Kier alpha value is -1.39. The highest BCUT2D eigenvalue weighted by Crippen LogP contribution is 2.39. The SMILES string of the molecule is C=C/C=C(\C=C/C)Cn1c(CO)cc(C(C)C)c1SC1=CC(Cl)=CCC(Cl)=C1. The van der Waals surface area contributed by atoms with E-state index in [0.29, 0.717) is 23.9 Å². The van der Waals surface area contributed by atoms with Crippen LogP contribution in [-0.4, -0.2) is 9.67 Å². The van der Waals surface area contributed by atoms with E-state index in [1.807, 2.05) is 37.3 Å². The third-order valence-corrected chi connectivity index (χ3v) is 5.93. The number of halogens is 2. The van der Waals surface area contributed by atoms with E-state index in [4.69, 9.17) is 23.2 Å². The van der Waals surface area contributed by atoms with Gasteiger partial charge in [-0.3, -0.25) is 0 Å². The third-order valence-electron chi connectivity index (χ3n) is 4.28. The zero-order valence-corrected chi connectivity index (χ0v) is 18.9. The summed E-state index contributed by atoms with van der Waals surface area (Å²) in [5, 5.41) is 12.5. The van der Waals surface area contributed by atoms with Crippen molar-refractivity contribution in [3.05, 3.63) is 87.0 Å². The lowest BCUT2D eigenvalue weighted by Crippen LogP contribution is -2.06. The summed E-state index contributed by atoms with van der Waals surface area (Å²) in [5.41, 5.74) is 3.19. The zero-order valence-electron chi connectivity index (χ0n) is 16.6. The van der Waals surface area contributed by atoms with E-state index in [2.05, 4.69) is 37.1 Å². The molecule has 0 radical (unpaired) electrons. The van der Waals surface area contributed by atoms with Crippen LogP contribution in [-0.2, 0) is 13.2 Å². The normalized spacial score (nSPS) is 15.5. The Morgan fingerprint density at radius 2 is 2.11 bits per heavy atom. The Bertz CT molecular complexity index is 869. The lowest BCUT2D eigenvalue weighted by atomic mass is 10.1. The van der Waals surface area contributed by atoms with Crippen molar-refractivity contribution in [2.24, 2.45) is 0 Å². The fourth-order valence-electron chi connectivity index (χ4n) is 2.96. The van der Waals surface area contributed by atoms with Gasteiger partial charge in [-0.15, -0.1) is 0 Å². The van der Waals surface area contributed by atoms with Crippen molar-refractivity contribution in [1.29, 1.82) is 0 Å². The van der Waals surface area contributed by atoms with E-state index in [1.54, 1.807) is 17.8 Å². The summed E-state index contributed by atoms with van der Waals surface area (Å²) in [5.74, 6) is 0.319. The molecule has 0 amide bonds. The average molecular weight is 436 g/mol. The fourth-order valence-corrected chi connectivity index (χ4v) is 4.80. The molecule has 5 heteroatoms. The number of aliphatic hydroxyl groups is 1. The summed E-state index contributed by atoms with van der Waals surface area (Å²) in [4.78, 5) is 0.981. The third kappa shape index (κ3) is 6.05. The Balaban J connectivity index is 2.56. The molecule has 1 aliphatic carbocycles. The van der Waals surface area contributed by atoms with Crippen molar-refractivity contribution in [2.75, 3.05) is 0 Å². The molecule has 28 heavy (non-hydrogen) atoms. The smallest absolute Gasteiger partial charge is 0.0837 e. The monoisotopic (exact) mass is 435 g/mol. The second-order valence-electron chi connectivity index (χ2n) is 6.81. The topological polar surface area (TPSA) is 25.2 Å². The van der Waals surface area contributed by atoms with E-state index in [9.17, 15) is 5.11 Å². The molecule has 150 valence electrons. The highest BCUT2D eigenvalue weighted by atomic mass is 35.5. The molecule has 0 aromatic carbocycles. The number of aromatic nitrogens is 1. The van der Waals surface area contributed by atoms with Crippen LogP contribution in [0.25, 0.3) is 0 Å². The van der Waals surface area contributed by atoms with Crippen LogP contribution in [0.4, 0.5) is 0 Å². The van der Waals surface area contributed by atoms with Crippen molar-refractivity contribution in [1.82, 2.24) is 4.57 Å². The van der Waals surface area contributed by atoms with Crippen LogP contribution >= 0.6 is 35.0 Å². The van der Waals surface area contributed by atoms with Gasteiger partial charge in [-0.2, -0.15) is 0 Å². The molecule has 1 aromatic heterocycles. The molecule has 0 saturated heterocycles. The number of thioether (sulfide) groups is 1. The van der Waals surface area contributed by atoms with Crippen LogP contribution in [0.5, 0.6) is 0 Å². The molecule has 1 N–H and O–H groups in total. The maximum absolute atomic E-state index is 9.98. The van der Waals surface area contributed by atoms with Crippen LogP contribution in [0.2, 0.25) is 0 Å². The van der Waals surface area contributed by atoms with Gasteiger partial charge in [-0.05, 0) is 42.2 Å². The van der Waals surface area contributed by atoms with E-state index >= 15 is 0 Å². The zero-order chi connectivity index (χ0) is 20.7. The quantitative estimate of drug-likeness (QED) is 0.429. The van der Waals surface area contributed by atoms with E-state index in [1.165, 1.54) is 5.56 Å². The average Bonchev–Trinajstić information content (AvgIpc) is 2.88. The van der Waals surface area contributed by atoms with Gasteiger partial charge in [-0.25, -0.2) is 0 Å². The number of rotatable bonds is 8. The van der Waals surface area contributed by atoms with Gasteiger partial charge >= 0.3 is 0 Å². The number of allylic oxidation sites excluding steroid dienone is 10. The largest absolute Gasteiger partial charge is 0.390 e. The molecule has 0 unspecified atom stereocenters. The second-order valence-corrected chi connectivity index (χ2v) is 8.79. The van der Waals surface area contributed by atoms with Gasteiger partial charge in [0.2, 0.25) is 0 Å². The molecule has 1 aromatic rings. The minimum absolute atomic E-state index is 0.0200. The first kappa shape index (κ1) is 22.9. The standard InChI is InChI=1S/C23H27Cl2NOS/c1-5-7-17(8-6-2)14-26-20(15-27)13-22(16(3)4)23(26)28-21-11-18(24)9-10-19(25)12-21/h5-9,11-13,16,27H,1,10,14-15H2,2-4H3/b8-6-,17-7+. The summed E-state index contributed by atoms with van der Waals surface area (Å²) >= 11 is 14.2. The first-order chi connectivity index (χ1) is 13.4. The molecular formula is C23H27Cl2NOS. The summed E-state index contributed by atoms with van der Waals surface area (Å²) < 4.78 is 2.17. The fraction of sp³-hybridized carbons (Fsp3) is 0.304. The Morgan fingerprint density at radius 1 is 1.36 bits per heavy atom. The summed E-state index contributed by atoms with van der Waals surface area (Å²) in [7, 11) is 0. The van der Waals surface area contributed by atoms with E-state index < -0.39 is 0 Å². The molecule has 0 saturated carbocycles. The number of hydrogen-bond donors (Lipinski definition) is 1. The number of hydrogen-bond acceptors (Lipinski definition) is 2. The minimum atomic E-state index is -0.0200. The minimum Gasteiger partial charge on any atom is -0.390 e. The summed E-state index contributed by atoms with van der Waals surface area (Å²) in [6, 6.07) is 2.09. The molecule has 0 aliphatic heterocycles. The maximum atomic E-state index is 9.98. The predicted octanol–water partition coefficient (Wildman–Crippen LogP) is 7.42. The molecule has 0 atom stereocenters. The van der Waals surface area contributed by atoms with Gasteiger partial charge < -0.3 is 9.67 Å². The van der Waals surface area contributed by atoms with Crippen molar-refractivity contribution in [2.45, 2.75) is 51.3 Å². The first-order valence-corrected chi connectivity index (χ1v) is 10.9. The highest BCUT2D eigenvalue weighted by Gasteiger charge is 2.19. The van der Waals surface area contributed by atoms with Gasteiger partial charge in [0, 0.05) is 33.6 Å². The van der Waals surface area contributed by atoms with Gasteiger partial charge in [-0.1, -0.05) is 85.8 Å². The molecule has 2 rings (SSSR count). The van der Waals surface area contributed by atoms with Crippen LogP contribution < -0.4 is 0 Å². The molecule has 0 spiro atoms. The molecule has 1 aliphatic rings. The molecular weight excluding hydrogens is 409 g/mol. The Morgan fingerprint density at radius 3 is 2.71 bits per heavy atom. The van der Waals surface area contributed by atoms with Crippen LogP contribution in [0.3, 0.4) is 0 Å². The molecule has 2 nitrogen and oxygen atoms in total.